The molecule has 23 heavy (non-hydrogen) atoms. The van der Waals surface area contributed by atoms with E-state index in [4.69, 9.17) is 4.74 Å². The lowest BCUT2D eigenvalue weighted by Gasteiger charge is -2.43. The molecule has 1 fully saturated rings. The van der Waals surface area contributed by atoms with E-state index in [2.05, 4.69) is 25.7 Å². The molecular formula is C17H24F2N2O2. The number of carbonyl (C=O) groups is 1. The highest BCUT2D eigenvalue weighted by molar-refractivity contribution is 5.94. The number of piperazine rings is 1. The summed E-state index contributed by atoms with van der Waals surface area (Å²) in [7, 11) is 1.26. The van der Waals surface area contributed by atoms with Crippen molar-refractivity contribution >= 4 is 5.91 Å². The van der Waals surface area contributed by atoms with Gasteiger partial charge in [0, 0.05) is 31.7 Å². The van der Waals surface area contributed by atoms with Crippen LogP contribution in [0.25, 0.3) is 0 Å². The Labute approximate surface area is 136 Å². The zero-order valence-electron chi connectivity index (χ0n) is 14.1. The van der Waals surface area contributed by atoms with Crippen LogP contribution < -0.4 is 4.74 Å². The molecule has 1 amide bonds. The van der Waals surface area contributed by atoms with E-state index >= 15 is 0 Å². The Balaban J connectivity index is 2.20. The zero-order chi connectivity index (χ0) is 17.1. The van der Waals surface area contributed by atoms with Crippen molar-refractivity contribution in [2.75, 3.05) is 26.7 Å². The second-order valence-corrected chi connectivity index (χ2v) is 6.09. The molecule has 1 atom stereocenters. The first-order valence-corrected chi connectivity index (χ1v) is 7.97. The highest BCUT2D eigenvalue weighted by Crippen LogP contribution is 2.24. The second-order valence-electron chi connectivity index (χ2n) is 6.09. The number of hydrogen-bond donors (Lipinski definition) is 0. The molecule has 0 aromatic heterocycles. The Morgan fingerprint density at radius 2 is 2.00 bits per heavy atom. The Bertz CT molecular complexity index is 578. The van der Waals surface area contributed by atoms with Gasteiger partial charge in [0.05, 0.1) is 12.7 Å². The summed E-state index contributed by atoms with van der Waals surface area (Å²) >= 11 is 0. The molecule has 4 nitrogen and oxygen atoms in total. The molecule has 1 aromatic rings. The van der Waals surface area contributed by atoms with Gasteiger partial charge < -0.3 is 9.64 Å². The van der Waals surface area contributed by atoms with Gasteiger partial charge in [0.1, 0.15) is 0 Å². The first-order chi connectivity index (χ1) is 10.9. The lowest BCUT2D eigenvalue weighted by molar-refractivity contribution is 0.0367. The molecule has 0 unspecified atom stereocenters. The SMILES string of the molecule is CC[C@H]1CN(C(=O)c2ccc(OC)c(F)c2F)CCN1C(C)C. The van der Waals surface area contributed by atoms with Gasteiger partial charge in [-0.15, -0.1) is 0 Å². The molecule has 0 N–H and O–H groups in total. The van der Waals surface area contributed by atoms with Gasteiger partial charge in [-0.3, -0.25) is 9.69 Å². The van der Waals surface area contributed by atoms with Gasteiger partial charge in [-0.25, -0.2) is 4.39 Å². The Hall–Kier alpha value is -1.69. The summed E-state index contributed by atoms with van der Waals surface area (Å²) < 4.78 is 32.7. The largest absolute Gasteiger partial charge is 0.494 e. The van der Waals surface area contributed by atoms with E-state index in [0.717, 1.165) is 13.0 Å². The maximum Gasteiger partial charge on any atom is 0.257 e. The van der Waals surface area contributed by atoms with E-state index in [1.807, 2.05) is 0 Å². The van der Waals surface area contributed by atoms with Crippen molar-refractivity contribution in [2.24, 2.45) is 0 Å². The van der Waals surface area contributed by atoms with Crippen molar-refractivity contribution in [3.63, 3.8) is 0 Å². The number of carbonyl (C=O) groups excluding carboxylic acids is 1. The highest BCUT2D eigenvalue weighted by Gasteiger charge is 2.32. The van der Waals surface area contributed by atoms with Crippen LogP contribution in [-0.2, 0) is 0 Å². The highest BCUT2D eigenvalue weighted by atomic mass is 19.2. The molecule has 1 heterocycles. The predicted molar refractivity (Wildman–Crippen MR) is 84.7 cm³/mol. The van der Waals surface area contributed by atoms with E-state index in [1.54, 1.807) is 4.90 Å². The molecule has 1 aliphatic heterocycles. The average Bonchev–Trinajstić information content (AvgIpc) is 2.55. The van der Waals surface area contributed by atoms with E-state index in [1.165, 1.54) is 19.2 Å². The van der Waals surface area contributed by atoms with Crippen LogP contribution in [0.4, 0.5) is 8.78 Å². The third-order valence-electron chi connectivity index (χ3n) is 4.45. The van der Waals surface area contributed by atoms with E-state index in [-0.39, 0.29) is 17.4 Å². The van der Waals surface area contributed by atoms with Crippen LogP contribution in [0.15, 0.2) is 12.1 Å². The number of halogens is 2. The summed E-state index contributed by atoms with van der Waals surface area (Å²) in [5.74, 6) is -2.93. The molecule has 1 aliphatic rings. The average molecular weight is 326 g/mol. The van der Waals surface area contributed by atoms with Crippen LogP contribution in [0, 0.1) is 11.6 Å². The van der Waals surface area contributed by atoms with Crippen molar-refractivity contribution < 1.29 is 18.3 Å². The van der Waals surface area contributed by atoms with Crippen molar-refractivity contribution in [1.82, 2.24) is 9.80 Å². The molecule has 1 saturated heterocycles. The van der Waals surface area contributed by atoms with E-state index in [9.17, 15) is 13.6 Å². The van der Waals surface area contributed by atoms with Crippen molar-refractivity contribution in [2.45, 2.75) is 39.3 Å². The monoisotopic (exact) mass is 326 g/mol. The van der Waals surface area contributed by atoms with Crippen LogP contribution in [0.3, 0.4) is 0 Å². The lowest BCUT2D eigenvalue weighted by atomic mass is 10.1. The molecule has 1 aromatic carbocycles. The minimum Gasteiger partial charge on any atom is -0.494 e. The lowest BCUT2D eigenvalue weighted by Crippen LogP contribution is -2.56. The van der Waals surface area contributed by atoms with E-state index in [0.29, 0.717) is 19.1 Å². The normalized spacial score (nSPS) is 19.3. The Kier molecular flexibility index (Phi) is 5.57. The first-order valence-electron chi connectivity index (χ1n) is 7.97. The molecule has 0 spiro atoms. The molecule has 2 rings (SSSR count). The van der Waals surface area contributed by atoms with Gasteiger partial charge in [-0.2, -0.15) is 4.39 Å². The predicted octanol–water partition coefficient (Wildman–Crippen LogP) is 2.92. The van der Waals surface area contributed by atoms with Crippen molar-refractivity contribution in [3.05, 3.63) is 29.3 Å². The fourth-order valence-corrected chi connectivity index (χ4v) is 3.12. The molecule has 6 heteroatoms. The third-order valence-corrected chi connectivity index (χ3v) is 4.45. The zero-order valence-corrected chi connectivity index (χ0v) is 14.1. The van der Waals surface area contributed by atoms with Gasteiger partial charge in [0.2, 0.25) is 5.82 Å². The minimum atomic E-state index is -1.14. The molecule has 0 radical (unpaired) electrons. The quantitative estimate of drug-likeness (QED) is 0.853. The van der Waals surface area contributed by atoms with Crippen LogP contribution in [0.5, 0.6) is 5.75 Å². The first kappa shape index (κ1) is 17.7. The number of benzene rings is 1. The molecular weight excluding hydrogens is 302 g/mol. The van der Waals surface area contributed by atoms with Crippen LogP contribution in [-0.4, -0.2) is 54.5 Å². The third kappa shape index (κ3) is 3.47. The van der Waals surface area contributed by atoms with Gasteiger partial charge in [0.15, 0.2) is 11.6 Å². The number of methoxy groups -OCH3 is 1. The topological polar surface area (TPSA) is 32.8 Å². The second kappa shape index (κ2) is 7.25. The minimum absolute atomic E-state index is 0.199. The number of nitrogens with zero attached hydrogens (tertiary/aromatic N) is 2. The fraction of sp³-hybridized carbons (Fsp3) is 0.588. The van der Waals surface area contributed by atoms with Gasteiger partial charge >= 0.3 is 0 Å². The maximum absolute atomic E-state index is 14.1. The molecule has 0 aliphatic carbocycles. The summed E-state index contributed by atoms with van der Waals surface area (Å²) in [6.45, 7) is 8.10. The standard InChI is InChI=1S/C17H24F2N2O2/c1-5-12-10-20(8-9-21(12)11(2)3)17(22)13-6-7-14(23-4)16(19)15(13)18/h6-7,11-12H,5,8-10H2,1-4H3/t12-/m0/s1. The Morgan fingerprint density at radius 1 is 1.30 bits per heavy atom. The smallest absolute Gasteiger partial charge is 0.257 e. The van der Waals surface area contributed by atoms with Crippen LogP contribution in [0.1, 0.15) is 37.6 Å². The number of ether oxygens (including phenoxy) is 1. The van der Waals surface area contributed by atoms with Crippen LogP contribution >= 0.6 is 0 Å². The maximum atomic E-state index is 14.1. The van der Waals surface area contributed by atoms with Gasteiger partial charge in [-0.1, -0.05) is 6.92 Å². The van der Waals surface area contributed by atoms with E-state index < -0.39 is 17.5 Å². The number of rotatable bonds is 4. The summed E-state index contributed by atoms with van der Waals surface area (Å²) in [5, 5.41) is 0. The van der Waals surface area contributed by atoms with Crippen LogP contribution in [0.2, 0.25) is 0 Å². The van der Waals surface area contributed by atoms with Crippen molar-refractivity contribution in [1.29, 1.82) is 0 Å². The summed E-state index contributed by atoms with van der Waals surface area (Å²) in [6, 6.07) is 3.20. The summed E-state index contributed by atoms with van der Waals surface area (Å²) in [6.07, 6.45) is 0.904. The van der Waals surface area contributed by atoms with Crippen molar-refractivity contribution in [3.8, 4) is 5.75 Å². The number of hydrogen-bond acceptors (Lipinski definition) is 3. The molecule has 128 valence electrons. The summed E-state index contributed by atoms with van der Waals surface area (Å²) in [5.41, 5.74) is -0.240. The Morgan fingerprint density at radius 3 is 2.57 bits per heavy atom. The van der Waals surface area contributed by atoms with Gasteiger partial charge in [-0.05, 0) is 32.4 Å². The summed E-state index contributed by atoms with van der Waals surface area (Å²) in [4.78, 5) is 16.5. The molecule has 0 bridgehead atoms. The number of amides is 1. The molecule has 0 saturated carbocycles. The van der Waals surface area contributed by atoms with Gasteiger partial charge in [0.25, 0.3) is 5.91 Å². The fourth-order valence-electron chi connectivity index (χ4n) is 3.12.